The number of anilines is 1. The van der Waals surface area contributed by atoms with Gasteiger partial charge in [-0.3, -0.25) is 14.5 Å². The molecule has 0 spiro atoms. The van der Waals surface area contributed by atoms with Crippen LogP contribution in [0.2, 0.25) is 5.02 Å². The second-order valence-corrected chi connectivity index (χ2v) is 8.05. The van der Waals surface area contributed by atoms with E-state index in [1.165, 1.54) is 10.5 Å². The van der Waals surface area contributed by atoms with E-state index in [2.05, 4.69) is 17.4 Å². The molecule has 6 heteroatoms. The lowest BCUT2D eigenvalue weighted by Gasteiger charge is -2.30. The highest BCUT2D eigenvalue weighted by Crippen LogP contribution is 2.35. The van der Waals surface area contributed by atoms with Crippen LogP contribution in [0.25, 0.3) is 6.08 Å². The third-order valence-electron chi connectivity index (χ3n) is 5.14. The van der Waals surface area contributed by atoms with Crippen LogP contribution in [-0.4, -0.2) is 24.9 Å². The maximum absolute atomic E-state index is 13.2. The lowest BCUT2D eigenvalue weighted by atomic mass is 10.1. The van der Waals surface area contributed by atoms with Crippen molar-refractivity contribution in [1.82, 2.24) is 5.32 Å². The van der Waals surface area contributed by atoms with Crippen molar-refractivity contribution < 1.29 is 14.3 Å². The molecule has 1 N–H and O–H groups in total. The number of hydrogen-bond acceptors (Lipinski definition) is 3. The quantitative estimate of drug-likeness (QED) is 0.555. The maximum Gasteiger partial charge on any atom is 0.294 e. The van der Waals surface area contributed by atoms with Crippen LogP contribution in [0.4, 0.5) is 5.69 Å². The predicted octanol–water partition coefficient (Wildman–Crippen LogP) is 4.77. The van der Waals surface area contributed by atoms with E-state index in [4.69, 9.17) is 16.3 Å². The summed E-state index contributed by atoms with van der Waals surface area (Å²) in [6.07, 6.45) is 2.35. The molecule has 1 aliphatic heterocycles. The van der Waals surface area contributed by atoms with E-state index < -0.39 is 0 Å². The molecule has 0 atom stereocenters. The van der Waals surface area contributed by atoms with Gasteiger partial charge in [0, 0.05) is 11.6 Å². The van der Waals surface area contributed by atoms with E-state index in [0.717, 1.165) is 17.5 Å². The number of benzene rings is 3. The van der Waals surface area contributed by atoms with Gasteiger partial charge in [0.25, 0.3) is 5.91 Å². The van der Waals surface area contributed by atoms with E-state index in [0.29, 0.717) is 23.0 Å². The summed E-state index contributed by atoms with van der Waals surface area (Å²) >= 11 is 6.06. The Morgan fingerprint density at radius 3 is 2.62 bits per heavy atom. The van der Waals surface area contributed by atoms with E-state index in [-0.39, 0.29) is 24.1 Å². The lowest BCUT2D eigenvalue weighted by Crippen LogP contribution is -2.44. The van der Waals surface area contributed by atoms with Crippen molar-refractivity contribution in [2.75, 3.05) is 18.0 Å². The van der Waals surface area contributed by atoms with Crippen molar-refractivity contribution in [3.8, 4) is 5.75 Å². The Morgan fingerprint density at radius 1 is 1.06 bits per heavy atom. The fourth-order valence-electron chi connectivity index (χ4n) is 3.47. The summed E-state index contributed by atoms with van der Waals surface area (Å²) in [6, 6.07) is 22.5. The molecule has 0 saturated carbocycles. The van der Waals surface area contributed by atoms with E-state index in [1.807, 2.05) is 37.3 Å². The first-order valence-corrected chi connectivity index (χ1v) is 10.8. The van der Waals surface area contributed by atoms with Gasteiger partial charge in [-0.05, 0) is 54.8 Å². The van der Waals surface area contributed by atoms with Crippen molar-refractivity contribution in [3.05, 3.63) is 100 Å². The zero-order chi connectivity index (χ0) is 22.5. The van der Waals surface area contributed by atoms with Crippen LogP contribution in [0, 0.1) is 6.92 Å². The standard InChI is InChI=1S/C26H23ClN2O3/c1-18-9-11-19(12-10-18)13-14-28-25(30)17-29-22-7-2-3-8-23(22)32-24(26(29)31)16-20-5-4-6-21(27)15-20/h2-12,15-16H,13-14,17H2,1H3,(H,28,30). The summed E-state index contributed by atoms with van der Waals surface area (Å²) in [5.74, 6) is 0.0490. The Morgan fingerprint density at radius 2 is 1.84 bits per heavy atom. The number of hydrogen-bond donors (Lipinski definition) is 1. The highest BCUT2D eigenvalue weighted by atomic mass is 35.5. The first-order chi connectivity index (χ1) is 15.5. The van der Waals surface area contributed by atoms with Crippen LogP contribution in [0.1, 0.15) is 16.7 Å². The molecule has 3 aromatic rings. The Labute approximate surface area is 192 Å². The summed E-state index contributed by atoms with van der Waals surface area (Å²) in [7, 11) is 0. The number of nitrogens with zero attached hydrogens (tertiary/aromatic N) is 1. The van der Waals surface area contributed by atoms with Crippen LogP contribution in [0.5, 0.6) is 5.75 Å². The summed E-state index contributed by atoms with van der Waals surface area (Å²) in [5.41, 5.74) is 3.65. The molecule has 0 unspecified atom stereocenters. The molecular weight excluding hydrogens is 424 g/mol. The minimum absolute atomic E-state index is 0.0972. The monoisotopic (exact) mass is 446 g/mol. The third kappa shape index (κ3) is 5.18. The van der Waals surface area contributed by atoms with E-state index in [9.17, 15) is 9.59 Å². The normalized spacial score (nSPS) is 14.1. The average molecular weight is 447 g/mol. The highest BCUT2D eigenvalue weighted by Gasteiger charge is 2.31. The molecule has 0 radical (unpaired) electrons. The number of nitrogens with one attached hydrogen (secondary N) is 1. The van der Waals surface area contributed by atoms with Crippen LogP contribution in [0.3, 0.4) is 0 Å². The van der Waals surface area contributed by atoms with Gasteiger partial charge in [0.05, 0.1) is 5.69 Å². The van der Waals surface area contributed by atoms with Gasteiger partial charge in [-0.25, -0.2) is 0 Å². The number of para-hydroxylation sites is 2. The SMILES string of the molecule is Cc1ccc(CCNC(=O)CN2C(=O)C(=Cc3cccc(Cl)c3)Oc3ccccc32)cc1. The smallest absolute Gasteiger partial charge is 0.294 e. The van der Waals surface area contributed by atoms with E-state index >= 15 is 0 Å². The van der Waals surface area contributed by atoms with E-state index in [1.54, 1.807) is 36.4 Å². The molecular formula is C26H23ClN2O3. The van der Waals surface area contributed by atoms with Crippen molar-refractivity contribution in [2.45, 2.75) is 13.3 Å². The van der Waals surface area contributed by atoms with Gasteiger partial charge in [0.1, 0.15) is 6.54 Å². The minimum atomic E-state index is -0.377. The first kappa shape index (κ1) is 21.7. The molecule has 0 fully saturated rings. The summed E-state index contributed by atoms with van der Waals surface area (Å²) in [6.45, 7) is 2.44. The van der Waals surface area contributed by atoms with Gasteiger partial charge >= 0.3 is 0 Å². The fourth-order valence-corrected chi connectivity index (χ4v) is 3.67. The number of aryl methyl sites for hydroxylation is 1. The molecule has 1 aliphatic rings. The fraction of sp³-hybridized carbons (Fsp3) is 0.154. The number of rotatable bonds is 6. The lowest BCUT2D eigenvalue weighted by molar-refractivity contribution is -0.123. The van der Waals surface area contributed by atoms with Crippen LogP contribution in [-0.2, 0) is 16.0 Å². The molecule has 0 bridgehead atoms. The number of carbonyl (C=O) groups excluding carboxylic acids is 2. The van der Waals surface area contributed by atoms with Gasteiger partial charge < -0.3 is 10.1 Å². The number of halogens is 1. The summed E-state index contributed by atoms with van der Waals surface area (Å²) < 4.78 is 5.84. The van der Waals surface area contributed by atoms with Crippen molar-refractivity contribution in [3.63, 3.8) is 0 Å². The Hall–Kier alpha value is -3.57. The molecule has 3 aromatic carbocycles. The molecule has 0 aliphatic carbocycles. The maximum atomic E-state index is 13.2. The second kappa shape index (κ2) is 9.71. The number of amides is 2. The molecule has 4 rings (SSSR count). The Kier molecular flexibility index (Phi) is 6.57. The van der Waals surface area contributed by atoms with Crippen LogP contribution >= 0.6 is 11.6 Å². The number of carbonyl (C=O) groups is 2. The zero-order valence-corrected chi connectivity index (χ0v) is 18.4. The summed E-state index contributed by atoms with van der Waals surface area (Å²) in [4.78, 5) is 27.2. The number of fused-ring (bicyclic) bond motifs is 1. The Bertz CT molecular complexity index is 1170. The molecule has 0 saturated heterocycles. The molecule has 1 heterocycles. The Balaban J connectivity index is 1.48. The van der Waals surface area contributed by atoms with Gasteiger partial charge in [-0.1, -0.05) is 65.7 Å². The van der Waals surface area contributed by atoms with Crippen LogP contribution < -0.4 is 15.0 Å². The first-order valence-electron chi connectivity index (χ1n) is 10.4. The topological polar surface area (TPSA) is 58.6 Å². The second-order valence-electron chi connectivity index (χ2n) is 7.61. The van der Waals surface area contributed by atoms with Gasteiger partial charge in [-0.15, -0.1) is 0 Å². The van der Waals surface area contributed by atoms with Gasteiger partial charge in [0.15, 0.2) is 11.5 Å². The molecule has 0 aromatic heterocycles. The third-order valence-corrected chi connectivity index (χ3v) is 5.37. The molecule has 162 valence electrons. The van der Waals surface area contributed by atoms with Crippen molar-refractivity contribution >= 4 is 35.2 Å². The van der Waals surface area contributed by atoms with Crippen LogP contribution in [0.15, 0.2) is 78.6 Å². The van der Waals surface area contributed by atoms with Crippen molar-refractivity contribution in [1.29, 1.82) is 0 Å². The van der Waals surface area contributed by atoms with Gasteiger partial charge in [0.2, 0.25) is 5.91 Å². The molecule has 5 nitrogen and oxygen atoms in total. The van der Waals surface area contributed by atoms with Gasteiger partial charge in [-0.2, -0.15) is 0 Å². The zero-order valence-electron chi connectivity index (χ0n) is 17.7. The average Bonchev–Trinajstić information content (AvgIpc) is 2.78. The molecule has 32 heavy (non-hydrogen) atoms. The van der Waals surface area contributed by atoms with Crippen molar-refractivity contribution in [2.24, 2.45) is 0 Å². The number of ether oxygens (including phenoxy) is 1. The summed E-state index contributed by atoms with van der Waals surface area (Å²) in [5, 5.41) is 3.47. The largest absolute Gasteiger partial charge is 0.449 e. The highest BCUT2D eigenvalue weighted by molar-refractivity contribution is 6.30. The molecule has 2 amide bonds. The predicted molar refractivity (Wildman–Crippen MR) is 127 cm³/mol. The minimum Gasteiger partial charge on any atom is -0.449 e.